The van der Waals surface area contributed by atoms with E-state index in [1.54, 1.807) is 0 Å². The molecule has 0 amide bonds. The molecule has 25 heavy (non-hydrogen) atoms. The standard InChI is InChI=1S/C18H25BrN4O2/c1-5-6-14(17(24)25-18(2,3)4)15(16-20-22-23-21-16)11-12-7-9-13(19)10-8-12/h7-10,14-15H,5-6,11H2,1-4H3,(H,20,21,22,23)/t14-,15-/m0/s1. The van der Waals surface area contributed by atoms with Crippen LogP contribution in [0, 0.1) is 5.92 Å². The van der Waals surface area contributed by atoms with Crippen LogP contribution in [-0.4, -0.2) is 32.2 Å². The minimum Gasteiger partial charge on any atom is -0.460 e. The zero-order valence-electron chi connectivity index (χ0n) is 15.1. The molecule has 0 unspecified atom stereocenters. The van der Waals surface area contributed by atoms with Crippen molar-refractivity contribution in [3.8, 4) is 0 Å². The minimum absolute atomic E-state index is 0.161. The molecule has 136 valence electrons. The van der Waals surface area contributed by atoms with Crippen LogP contribution >= 0.6 is 15.9 Å². The summed E-state index contributed by atoms with van der Waals surface area (Å²) in [7, 11) is 0. The first-order chi connectivity index (χ1) is 11.8. The van der Waals surface area contributed by atoms with Gasteiger partial charge in [0.2, 0.25) is 0 Å². The Bertz CT molecular complexity index is 665. The molecule has 0 bridgehead atoms. The maximum atomic E-state index is 12.8. The Balaban J connectivity index is 2.30. The number of tetrazole rings is 1. The molecule has 1 aromatic carbocycles. The number of ether oxygens (including phenoxy) is 1. The molecule has 0 aliphatic heterocycles. The van der Waals surface area contributed by atoms with Gasteiger partial charge in [-0.25, -0.2) is 5.10 Å². The van der Waals surface area contributed by atoms with Crippen LogP contribution in [0.2, 0.25) is 0 Å². The van der Waals surface area contributed by atoms with Crippen molar-refractivity contribution in [3.63, 3.8) is 0 Å². The van der Waals surface area contributed by atoms with Crippen molar-refractivity contribution in [2.75, 3.05) is 0 Å². The van der Waals surface area contributed by atoms with Gasteiger partial charge in [-0.15, -0.1) is 5.10 Å². The van der Waals surface area contributed by atoms with E-state index in [0.717, 1.165) is 22.9 Å². The summed E-state index contributed by atoms with van der Waals surface area (Å²) >= 11 is 3.45. The molecule has 6 nitrogen and oxygen atoms in total. The average Bonchev–Trinajstić information content (AvgIpc) is 3.05. The molecule has 0 fully saturated rings. The molecule has 2 aromatic rings. The third-order valence-electron chi connectivity index (χ3n) is 3.88. The van der Waals surface area contributed by atoms with Crippen molar-refractivity contribution >= 4 is 21.9 Å². The van der Waals surface area contributed by atoms with Crippen molar-refractivity contribution in [2.45, 2.75) is 58.5 Å². The van der Waals surface area contributed by atoms with E-state index in [9.17, 15) is 4.79 Å². The number of carbonyl (C=O) groups excluding carboxylic acids is 1. The molecule has 2 atom stereocenters. The van der Waals surface area contributed by atoms with Crippen LogP contribution in [0.4, 0.5) is 0 Å². The van der Waals surface area contributed by atoms with E-state index in [0.29, 0.717) is 12.2 Å². The number of halogens is 1. The Hall–Kier alpha value is -1.76. The lowest BCUT2D eigenvalue weighted by Crippen LogP contribution is -2.33. The number of H-pyrrole nitrogens is 1. The Morgan fingerprint density at radius 2 is 1.96 bits per heavy atom. The third-order valence-corrected chi connectivity index (χ3v) is 4.41. The molecule has 1 heterocycles. The maximum Gasteiger partial charge on any atom is 0.310 e. The fourth-order valence-corrected chi connectivity index (χ4v) is 3.06. The van der Waals surface area contributed by atoms with E-state index >= 15 is 0 Å². The molecule has 0 aliphatic carbocycles. The first-order valence-corrected chi connectivity index (χ1v) is 9.30. The number of carbonyl (C=O) groups is 1. The van der Waals surface area contributed by atoms with Gasteiger partial charge in [0.1, 0.15) is 5.60 Å². The predicted molar refractivity (Wildman–Crippen MR) is 99.0 cm³/mol. The summed E-state index contributed by atoms with van der Waals surface area (Å²) in [6.45, 7) is 7.71. The second-order valence-electron chi connectivity index (χ2n) is 7.15. The van der Waals surface area contributed by atoms with Gasteiger partial charge in [-0.05, 0) is 61.7 Å². The fourth-order valence-electron chi connectivity index (χ4n) is 2.80. The summed E-state index contributed by atoms with van der Waals surface area (Å²) in [6.07, 6.45) is 2.26. The van der Waals surface area contributed by atoms with Crippen LogP contribution in [0.1, 0.15) is 57.8 Å². The van der Waals surface area contributed by atoms with Crippen molar-refractivity contribution in [2.24, 2.45) is 5.92 Å². The van der Waals surface area contributed by atoms with Crippen molar-refractivity contribution < 1.29 is 9.53 Å². The zero-order chi connectivity index (χ0) is 18.4. The highest BCUT2D eigenvalue weighted by molar-refractivity contribution is 9.10. The maximum absolute atomic E-state index is 12.8. The van der Waals surface area contributed by atoms with Crippen LogP contribution in [0.5, 0.6) is 0 Å². The summed E-state index contributed by atoms with van der Waals surface area (Å²) in [6, 6.07) is 8.07. The van der Waals surface area contributed by atoms with E-state index in [1.165, 1.54) is 0 Å². The van der Waals surface area contributed by atoms with Gasteiger partial charge in [0.05, 0.1) is 5.92 Å². The molecule has 2 rings (SSSR count). The normalized spacial score (nSPS) is 14.1. The van der Waals surface area contributed by atoms with Crippen LogP contribution in [0.15, 0.2) is 28.7 Å². The summed E-state index contributed by atoms with van der Waals surface area (Å²) in [5.41, 5.74) is 0.597. The number of benzene rings is 1. The van der Waals surface area contributed by atoms with Gasteiger partial charge >= 0.3 is 5.97 Å². The molecular formula is C18H25BrN4O2. The molecule has 0 spiro atoms. The second-order valence-corrected chi connectivity index (χ2v) is 8.07. The number of nitrogens with zero attached hydrogens (tertiary/aromatic N) is 3. The SMILES string of the molecule is CCC[C@H](C(=O)OC(C)(C)C)[C@H](Cc1ccc(Br)cc1)c1nnn[nH]1. The van der Waals surface area contributed by atoms with Gasteiger partial charge in [-0.3, -0.25) is 4.79 Å². The lowest BCUT2D eigenvalue weighted by Gasteiger charge is -2.28. The molecular weight excluding hydrogens is 384 g/mol. The summed E-state index contributed by atoms with van der Waals surface area (Å²) < 4.78 is 6.68. The van der Waals surface area contributed by atoms with Crippen LogP contribution < -0.4 is 0 Å². The Kier molecular flexibility index (Phi) is 6.70. The van der Waals surface area contributed by atoms with Gasteiger partial charge in [-0.1, -0.05) is 41.4 Å². The molecule has 1 N–H and O–H groups in total. The van der Waals surface area contributed by atoms with E-state index in [2.05, 4.69) is 43.5 Å². The lowest BCUT2D eigenvalue weighted by atomic mass is 9.83. The number of aromatic amines is 1. The fraction of sp³-hybridized carbons (Fsp3) is 0.556. The van der Waals surface area contributed by atoms with Crippen molar-refractivity contribution in [1.82, 2.24) is 20.6 Å². The summed E-state index contributed by atoms with van der Waals surface area (Å²) in [5.74, 6) is -0.0475. The van der Waals surface area contributed by atoms with Crippen LogP contribution in [0.3, 0.4) is 0 Å². The largest absolute Gasteiger partial charge is 0.460 e. The summed E-state index contributed by atoms with van der Waals surface area (Å²) in [5, 5.41) is 14.3. The molecule has 0 saturated heterocycles. The van der Waals surface area contributed by atoms with Gasteiger partial charge in [0.25, 0.3) is 0 Å². The number of rotatable bonds is 7. The molecule has 0 aliphatic rings. The number of hydrogen-bond donors (Lipinski definition) is 1. The average molecular weight is 409 g/mol. The van der Waals surface area contributed by atoms with Gasteiger partial charge in [0.15, 0.2) is 5.82 Å². The quantitative estimate of drug-likeness (QED) is 0.698. The van der Waals surface area contributed by atoms with Gasteiger partial charge in [-0.2, -0.15) is 0 Å². The number of nitrogens with one attached hydrogen (secondary N) is 1. The second kappa shape index (κ2) is 8.56. The topological polar surface area (TPSA) is 80.8 Å². The van der Waals surface area contributed by atoms with Gasteiger partial charge in [0, 0.05) is 10.4 Å². The first kappa shape index (κ1) is 19.6. The Labute approximate surface area is 156 Å². The highest BCUT2D eigenvalue weighted by Crippen LogP contribution is 2.32. The van der Waals surface area contributed by atoms with Crippen molar-refractivity contribution in [1.29, 1.82) is 0 Å². The van der Waals surface area contributed by atoms with Gasteiger partial charge < -0.3 is 4.74 Å². The number of hydrogen-bond acceptors (Lipinski definition) is 5. The minimum atomic E-state index is -0.523. The molecule has 0 radical (unpaired) electrons. The highest BCUT2D eigenvalue weighted by atomic mass is 79.9. The molecule has 0 saturated carbocycles. The Morgan fingerprint density at radius 1 is 1.28 bits per heavy atom. The zero-order valence-corrected chi connectivity index (χ0v) is 16.7. The highest BCUT2D eigenvalue weighted by Gasteiger charge is 2.34. The number of esters is 1. The smallest absolute Gasteiger partial charge is 0.310 e. The van der Waals surface area contributed by atoms with E-state index in [4.69, 9.17) is 4.74 Å². The van der Waals surface area contributed by atoms with E-state index in [-0.39, 0.29) is 17.8 Å². The molecule has 1 aromatic heterocycles. The predicted octanol–water partition coefficient (Wildman–Crippen LogP) is 4.05. The molecule has 7 heteroatoms. The van der Waals surface area contributed by atoms with Crippen molar-refractivity contribution in [3.05, 3.63) is 40.1 Å². The van der Waals surface area contributed by atoms with E-state index in [1.807, 2.05) is 45.0 Å². The van der Waals surface area contributed by atoms with Crippen LogP contribution in [0.25, 0.3) is 0 Å². The Morgan fingerprint density at radius 3 is 2.48 bits per heavy atom. The van der Waals surface area contributed by atoms with Crippen LogP contribution in [-0.2, 0) is 16.0 Å². The third kappa shape index (κ3) is 5.92. The monoisotopic (exact) mass is 408 g/mol. The number of aromatic nitrogens is 4. The first-order valence-electron chi connectivity index (χ1n) is 8.51. The summed E-state index contributed by atoms with van der Waals surface area (Å²) in [4.78, 5) is 12.8. The van der Waals surface area contributed by atoms with E-state index < -0.39 is 5.60 Å². The lowest BCUT2D eigenvalue weighted by molar-refractivity contribution is -0.161.